The Hall–Kier alpha value is -2.56. The molecule has 0 saturated carbocycles. The minimum Gasteiger partial charge on any atom is -0.368 e. The Morgan fingerprint density at radius 1 is 1.15 bits per heavy atom. The van der Waals surface area contributed by atoms with Gasteiger partial charge >= 0.3 is 0 Å². The van der Waals surface area contributed by atoms with Gasteiger partial charge in [-0.25, -0.2) is 4.90 Å². The van der Waals surface area contributed by atoms with Gasteiger partial charge in [0.05, 0.1) is 23.2 Å². The molecule has 0 radical (unpaired) electrons. The number of carbonyl (C=O) groups excluding carboxylic acids is 2. The number of anilines is 2. The number of amides is 2. The van der Waals surface area contributed by atoms with Crippen molar-refractivity contribution in [3.05, 3.63) is 52.5 Å². The summed E-state index contributed by atoms with van der Waals surface area (Å²) in [5, 5.41) is 19.9. The highest BCUT2D eigenvalue weighted by molar-refractivity contribution is 7.13. The first-order chi connectivity index (χ1) is 16.4. The quantitative estimate of drug-likeness (QED) is 0.502. The molecular formula is C24H25ClN4O4S. The van der Waals surface area contributed by atoms with Crippen LogP contribution in [0.25, 0.3) is 10.1 Å². The lowest BCUT2D eigenvalue weighted by Gasteiger charge is -2.35. The zero-order valence-electron chi connectivity index (χ0n) is 18.5. The standard InChI is InChI=1S/C24H25ClN4O4S/c25-18-13-19-16(12-21(30)29(19)22(31)14-23(32)33)11-15(18)5-6-27-7-9-28(10-8-27)24-17-3-1-2-4-20(17)34-26-24/h1-4,11,13,23,32-33H,5-10,12,14H2. The minimum absolute atomic E-state index is 0.104. The van der Waals surface area contributed by atoms with Gasteiger partial charge in [-0.15, -0.1) is 0 Å². The SMILES string of the molecule is O=C1Cc2cc(CCN3CCN(c4nsc5ccccc45)CC3)c(Cl)cc2N1C(=O)CC(O)O. The van der Waals surface area contributed by atoms with Crippen LogP contribution in [0, 0.1) is 0 Å². The van der Waals surface area contributed by atoms with Gasteiger partial charge in [0.2, 0.25) is 11.8 Å². The van der Waals surface area contributed by atoms with Crippen LogP contribution in [0.15, 0.2) is 36.4 Å². The zero-order valence-corrected chi connectivity index (χ0v) is 20.1. The van der Waals surface area contributed by atoms with E-state index >= 15 is 0 Å². The van der Waals surface area contributed by atoms with E-state index in [2.05, 4.69) is 32.4 Å². The second kappa shape index (κ2) is 9.59. The van der Waals surface area contributed by atoms with Gasteiger partial charge in [0.15, 0.2) is 6.29 Å². The molecule has 2 N–H and O–H groups in total. The fourth-order valence-corrected chi connectivity index (χ4v) is 5.71. The average molecular weight is 501 g/mol. The Morgan fingerprint density at radius 3 is 2.68 bits per heavy atom. The molecule has 0 atom stereocenters. The predicted octanol–water partition coefficient (Wildman–Crippen LogP) is 2.43. The maximum Gasteiger partial charge on any atom is 0.238 e. The molecule has 178 valence electrons. The number of rotatable bonds is 6. The third-order valence-corrected chi connectivity index (χ3v) is 7.58. The highest BCUT2D eigenvalue weighted by Gasteiger charge is 2.34. The lowest BCUT2D eigenvalue weighted by molar-refractivity contribution is -0.130. The zero-order chi connectivity index (χ0) is 23.8. The number of aliphatic hydroxyl groups excluding tert-OH is 1. The third-order valence-electron chi connectivity index (χ3n) is 6.41. The van der Waals surface area contributed by atoms with Crippen molar-refractivity contribution in [3.8, 4) is 0 Å². The summed E-state index contributed by atoms with van der Waals surface area (Å²) in [5.41, 5.74) is 2.12. The molecule has 2 aliphatic rings. The van der Waals surface area contributed by atoms with E-state index in [0.29, 0.717) is 10.7 Å². The molecule has 3 aromatic rings. The molecule has 0 aliphatic carbocycles. The number of aliphatic hydroxyl groups is 2. The summed E-state index contributed by atoms with van der Waals surface area (Å²) in [4.78, 5) is 30.4. The van der Waals surface area contributed by atoms with Crippen molar-refractivity contribution in [2.45, 2.75) is 25.6 Å². The second-order valence-corrected chi connectivity index (χ2v) is 9.85. The van der Waals surface area contributed by atoms with Crippen LogP contribution >= 0.6 is 23.1 Å². The maximum absolute atomic E-state index is 12.4. The van der Waals surface area contributed by atoms with Crippen LogP contribution < -0.4 is 9.80 Å². The summed E-state index contributed by atoms with van der Waals surface area (Å²) >= 11 is 8.05. The molecule has 3 heterocycles. The lowest BCUT2D eigenvalue weighted by atomic mass is 10.1. The van der Waals surface area contributed by atoms with Crippen molar-refractivity contribution in [3.63, 3.8) is 0 Å². The van der Waals surface area contributed by atoms with Gasteiger partial charge in [0.1, 0.15) is 5.82 Å². The van der Waals surface area contributed by atoms with E-state index in [9.17, 15) is 9.59 Å². The maximum atomic E-state index is 12.4. The third kappa shape index (κ3) is 4.54. The Morgan fingerprint density at radius 2 is 1.91 bits per heavy atom. The molecule has 5 rings (SSSR count). The molecule has 1 aromatic heterocycles. The fourth-order valence-electron chi connectivity index (χ4n) is 4.66. The molecule has 2 aliphatic heterocycles. The number of carbonyl (C=O) groups is 2. The van der Waals surface area contributed by atoms with Crippen LogP contribution in [0.1, 0.15) is 17.5 Å². The number of aromatic nitrogens is 1. The number of benzene rings is 2. The predicted molar refractivity (Wildman–Crippen MR) is 132 cm³/mol. The van der Waals surface area contributed by atoms with E-state index in [1.165, 1.54) is 21.6 Å². The van der Waals surface area contributed by atoms with Crippen molar-refractivity contribution < 1.29 is 19.8 Å². The molecule has 1 fully saturated rings. The summed E-state index contributed by atoms with van der Waals surface area (Å²) in [5.74, 6) is 0.0484. The van der Waals surface area contributed by atoms with Crippen LogP contribution in [-0.4, -0.2) is 70.3 Å². The van der Waals surface area contributed by atoms with Gasteiger partial charge in [-0.05, 0) is 47.3 Å². The summed E-state index contributed by atoms with van der Waals surface area (Å²) in [6, 6.07) is 11.9. The first-order valence-electron chi connectivity index (χ1n) is 11.3. The number of imide groups is 1. The molecule has 1 saturated heterocycles. The van der Waals surface area contributed by atoms with Gasteiger partial charge in [-0.1, -0.05) is 29.8 Å². The molecule has 2 amide bonds. The molecule has 34 heavy (non-hydrogen) atoms. The largest absolute Gasteiger partial charge is 0.368 e. The normalized spacial score (nSPS) is 16.6. The monoisotopic (exact) mass is 500 g/mol. The number of hydrogen-bond acceptors (Lipinski definition) is 8. The number of nitrogens with zero attached hydrogens (tertiary/aromatic N) is 4. The molecule has 0 spiro atoms. The van der Waals surface area contributed by atoms with Crippen molar-refractivity contribution in [1.29, 1.82) is 0 Å². The van der Waals surface area contributed by atoms with E-state index in [1.54, 1.807) is 6.07 Å². The van der Waals surface area contributed by atoms with E-state index in [1.807, 2.05) is 12.1 Å². The van der Waals surface area contributed by atoms with Crippen molar-refractivity contribution in [1.82, 2.24) is 9.27 Å². The fraction of sp³-hybridized carbons (Fsp3) is 0.375. The van der Waals surface area contributed by atoms with Crippen LogP contribution in [0.2, 0.25) is 5.02 Å². The first kappa shape index (κ1) is 23.2. The second-order valence-electron chi connectivity index (χ2n) is 8.64. The Labute approximate surface area is 206 Å². The van der Waals surface area contributed by atoms with Crippen molar-refractivity contribution >= 4 is 56.5 Å². The van der Waals surface area contributed by atoms with E-state index in [4.69, 9.17) is 21.8 Å². The Balaban J connectivity index is 1.21. The van der Waals surface area contributed by atoms with Gasteiger partial charge < -0.3 is 15.1 Å². The van der Waals surface area contributed by atoms with Crippen LogP contribution in [0.3, 0.4) is 0 Å². The molecule has 10 heteroatoms. The lowest BCUT2D eigenvalue weighted by Crippen LogP contribution is -2.47. The molecule has 8 nitrogen and oxygen atoms in total. The number of piperazine rings is 1. The van der Waals surface area contributed by atoms with Crippen molar-refractivity contribution in [2.75, 3.05) is 42.5 Å². The highest BCUT2D eigenvalue weighted by atomic mass is 35.5. The summed E-state index contributed by atoms with van der Waals surface area (Å²) < 4.78 is 5.88. The summed E-state index contributed by atoms with van der Waals surface area (Å²) in [6.45, 7) is 4.52. The van der Waals surface area contributed by atoms with Gasteiger partial charge in [-0.2, -0.15) is 4.37 Å². The molecule has 2 aromatic carbocycles. The summed E-state index contributed by atoms with van der Waals surface area (Å²) in [6.07, 6.45) is -1.49. The molecule has 0 bridgehead atoms. The number of halogens is 1. The topological polar surface area (TPSA) is 97.2 Å². The Kier molecular flexibility index (Phi) is 6.54. The average Bonchev–Trinajstić information content (AvgIpc) is 3.37. The first-order valence-corrected chi connectivity index (χ1v) is 12.4. The van der Waals surface area contributed by atoms with E-state index in [-0.39, 0.29) is 12.3 Å². The minimum atomic E-state index is -1.80. The smallest absolute Gasteiger partial charge is 0.238 e. The number of hydrogen-bond donors (Lipinski definition) is 2. The van der Waals surface area contributed by atoms with Crippen LogP contribution in [0.5, 0.6) is 0 Å². The van der Waals surface area contributed by atoms with Gasteiger partial charge in [-0.3, -0.25) is 14.5 Å². The van der Waals surface area contributed by atoms with Crippen LogP contribution in [0.4, 0.5) is 11.5 Å². The molecular weight excluding hydrogens is 476 g/mol. The van der Waals surface area contributed by atoms with E-state index in [0.717, 1.165) is 61.0 Å². The van der Waals surface area contributed by atoms with E-state index < -0.39 is 18.6 Å². The van der Waals surface area contributed by atoms with Crippen LogP contribution in [-0.2, 0) is 22.4 Å². The Bertz CT molecular complexity index is 1240. The van der Waals surface area contributed by atoms with Crippen molar-refractivity contribution in [2.24, 2.45) is 0 Å². The highest BCUT2D eigenvalue weighted by Crippen LogP contribution is 2.35. The van der Waals surface area contributed by atoms with Gasteiger partial charge in [0, 0.05) is 43.1 Å². The molecule has 0 unspecified atom stereocenters. The van der Waals surface area contributed by atoms with Gasteiger partial charge in [0.25, 0.3) is 0 Å². The number of fused-ring (bicyclic) bond motifs is 2. The summed E-state index contributed by atoms with van der Waals surface area (Å²) in [7, 11) is 0.